The van der Waals surface area contributed by atoms with Crippen LogP contribution >= 0.6 is 0 Å². The molecule has 1 atom stereocenters. The van der Waals surface area contributed by atoms with Crippen molar-refractivity contribution in [2.24, 2.45) is 5.73 Å². The van der Waals surface area contributed by atoms with Crippen molar-refractivity contribution in [3.8, 4) is 0 Å². The third kappa shape index (κ3) is 5.28. The highest BCUT2D eigenvalue weighted by molar-refractivity contribution is 6.99. The Balaban J connectivity index is 2.31. The number of hydrogen-bond acceptors (Lipinski definition) is 3. The summed E-state index contributed by atoms with van der Waals surface area (Å²) < 4.78 is 6.71. The Bertz CT molecular complexity index is 674. The van der Waals surface area contributed by atoms with Crippen molar-refractivity contribution in [2.75, 3.05) is 6.61 Å². The fourth-order valence-electron chi connectivity index (χ4n) is 3.56. The Hall–Kier alpha value is -1.95. The second-order valence-electron chi connectivity index (χ2n) is 7.96. The lowest BCUT2D eigenvalue weighted by Gasteiger charge is -2.43. The number of carbonyl (C=O) groups is 1. The highest BCUT2D eigenvalue weighted by Gasteiger charge is 2.50. The topological polar surface area (TPSA) is 72.6 Å². The van der Waals surface area contributed by atoms with Crippen molar-refractivity contribution in [1.82, 2.24) is 0 Å². The largest absolute Gasteiger partial charge is 0.407 e. The molecule has 2 aromatic rings. The van der Waals surface area contributed by atoms with Gasteiger partial charge in [-0.3, -0.25) is 4.79 Å². The van der Waals surface area contributed by atoms with E-state index < -0.39 is 14.4 Å². The highest BCUT2D eigenvalue weighted by Crippen LogP contribution is 2.36. The Kier molecular flexibility index (Phi) is 7.36. The van der Waals surface area contributed by atoms with E-state index in [2.05, 4.69) is 69.3 Å². The predicted octanol–water partition coefficient (Wildman–Crippen LogP) is 2.58. The first-order valence-corrected chi connectivity index (χ1v) is 11.4. The number of amides is 1. The molecule has 27 heavy (non-hydrogen) atoms. The molecule has 0 radical (unpaired) electrons. The summed E-state index contributed by atoms with van der Waals surface area (Å²) in [6.45, 7) is 7.11. The Morgan fingerprint density at radius 2 is 1.48 bits per heavy atom. The maximum Gasteiger partial charge on any atom is 0.261 e. The van der Waals surface area contributed by atoms with Crippen LogP contribution in [0.15, 0.2) is 60.7 Å². The summed E-state index contributed by atoms with van der Waals surface area (Å²) in [5, 5.41) is 12.5. The highest BCUT2D eigenvalue weighted by atomic mass is 28.4. The van der Waals surface area contributed by atoms with Crippen molar-refractivity contribution in [3.63, 3.8) is 0 Å². The summed E-state index contributed by atoms with van der Waals surface area (Å²) in [7, 11) is -2.56. The zero-order valence-corrected chi connectivity index (χ0v) is 17.5. The van der Waals surface area contributed by atoms with Gasteiger partial charge in [0.05, 0.1) is 6.10 Å². The molecule has 2 aromatic carbocycles. The minimum absolute atomic E-state index is 0.0894. The minimum Gasteiger partial charge on any atom is -0.407 e. The first kappa shape index (κ1) is 21.3. The maximum absolute atomic E-state index is 10.9. The van der Waals surface area contributed by atoms with Crippen LogP contribution in [0.5, 0.6) is 0 Å². The standard InChI is InChI=1S/C22H31NO3Si/c1-22(2,3)27(19-10-6-4-7-11-19,20-12-8-5-9-13-20)26-17-16-18(24)14-15-21(23)25/h4-13,18,24H,14-17H2,1-3H3,(H2,23,25). The number of aliphatic hydroxyl groups is 1. The maximum atomic E-state index is 10.9. The molecule has 1 amide bonds. The van der Waals surface area contributed by atoms with Gasteiger partial charge in [0.2, 0.25) is 5.91 Å². The molecule has 0 spiro atoms. The van der Waals surface area contributed by atoms with Gasteiger partial charge in [-0.2, -0.15) is 0 Å². The van der Waals surface area contributed by atoms with Crippen LogP contribution in [0.4, 0.5) is 0 Å². The molecule has 0 aliphatic heterocycles. The lowest BCUT2D eigenvalue weighted by molar-refractivity contribution is -0.118. The van der Waals surface area contributed by atoms with Gasteiger partial charge in [0.15, 0.2) is 0 Å². The summed E-state index contributed by atoms with van der Waals surface area (Å²) >= 11 is 0. The molecule has 0 saturated heterocycles. The van der Waals surface area contributed by atoms with Crippen molar-refractivity contribution in [2.45, 2.75) is 51.2 Å². The lowest BCUT2D eigenvalue weighted by atomic mass is 10.1. The summed E-state index contributed by atoms with van der Waals surface area (Å²) in [5.41, 5.74) is 5.17. The number of nitrogens with two attached hydrogens (primary N) is 1. The van der Waals surface area contributed by atoms with Gasteiger partial charge >= 0.3 is 0 Å². The number of primary amides is 1. The molecule has 0 heterocycles. The van der Waals surface area contributed by atoms with Crippen LogP contribution in [0.2, 0.25) is 5.04 Å². The average Bonchev–Trinajstić information content (AvgIpc) is 2.64. The molecular weight excluding hydrogens is 354 g/mol. The molecule has 0 aliphatic carbocycles. The molecule has 3 N–H and O–H groups in total. The minimum atomic E-state index is -2.56. The number of hydrogen-bond donors (Lipinski definition) is 2. The van der Waals surface area contributed by atoms with Crippen LogP contribution in [0.3, 0.4) is 0 Å². The van der Waals surface area contributed by atoms with Gasteiger partial charge in [0.25, 0.3) is 8.32 Å². The summed E-state index contributed by atoms with van der Waals surface area (Å²) in [4.78, 5) is 10.9. The van der Waals surface area contributed by atoms with Crippen LogP contribution in [-0.4, -0.2) is 32.0 Å². The van der Waals surface area contributed by atoms with E-state index in [0.717, 1.165) is 0 Å². The van der Waals surface area contributed by atoms with Gasteiger partial charge < -0.3 is 15.3 Å². The van der Waals surface area contributed by atoms with Crippen molar-refractivity contribution < 1.29 is 14.3 Å². The lowest BCUT2D eigenvalue weighted by Crippen LogP contribution is -2.66. The Morgan fingerprint density at radius 1 is 1.00 bits per heavy atom. The SMILES string of the molecule is CC(C)(C)[Si](OCCC(O)CCC(N)=O)(c1ccccc1)c1ccccc1. The van der Waals surface area contributed by atoms with Gasteiger partial charge in [-0.1, -0.05) is 81.4 Å². The molecular formula is C22H31NO3Si. The van der Waals surface area contributed by atoms with E-state index in [0.29, 0.717) is 19.4 Å². The number of carbonyl (C=O) groups excluding carboxylic acids is 1. The monoisotopic (exact) mass is 385 g/mol. The molecule has 4 nitrogen and oxygen atoms in total. The van der Waals surface area contributed by atoms with Gasteiger partial charge in [-0.05, 0) is 28.3 Å². The number of aliphatic hydroxyl groups excluding tert-OH is 1. The fraction of sp³-hybridized carbons (Fsp3) is 0.409. The van der Waals surface area contributed by atoms with Crippen LogP contribution in [-0.2, 0) is 9.22 Å². The van der Waals surface area contributed by atoms with E-state index in [1.165, 1.54) is 10.4 Å². The second-order valence-corrected chi connectivity index (χ2v) is 12.3. The quantitative estimate of drug-likeness (QED) is 0.652. The van der Waals surface area contributed by atoms with E-state index in [1.54, 1.807) is 0 Å². The zero-order chi connectivity index (χ0) is 19.9. The van der Waals surface area contributed by atoms with Crippen LogP contribution in [0.25, 0.3) is 0 Å². The summed E-state index contributed by atoms with van der Waals surface area (Å²) in [6, 6.07) is 20.8. The molecule has 0 saturated carbocycles. The van der Waals surface area contributed by atoms with E-state index in [4.69, 9.17) is 10.2 Å². The molecule has 5 heteroatoms. The van der Waals surface area contributed by atoms with Gasteiger partial charge in [-0.25, -0.2) is 0 Å². The number of benzene rings is 2. The van der Waals surface area contributed by atoms with Gasteiger partial charge in [0, 0.05) is 13.0 Å². The van der Waals surface area contributed by atoms with Gasteiger partial charge in [-0.15, -0.1) is 0 Å². The molecule has 0 aromatic heterocycles. The summed E-state index contributed by atoms with van der Waals surface area (Å²) in [5.74, 6) is -0.387. The molecule has 0 fully saturated rings. The van der Waals surface area contributed by atoms with Crippen molar-refractivity contribution >= 4 is 24.6 Å². The zero-order valence-electron chi connectivity index (χ0n) is 16.5. The molecule has 1 unspecified atom stereocenters. The van der Waals surface area contributed by atoms with Crippen LogP contribution < -0.4 is 16.1 Å². The normalized spacial score (nSPS) is 13.3. The third-order valence-electron chi connectivity index (χ3n) is 4.91. The van der Waals surface area contributed by atoms with Crippen LogP contribution in [0, 0.1) is 0 Å². The van der Waals surface area contributed by atoms with Crippen molar-refractivity contribution in [3.05, 3.63) is 60.7 Å². The molecule has 0 aliphatic rings. The first-order valence-electron chi connectivity index (χ1n) is 9.49. The first-order chi connectivity index (χ1) is 12.8. The van der Waals surface area contributed by atoms with E-state index in [-0.39, 0.29) is 17.4 Å². The molecule has 0 bridgehead atoms. The summed E-state index contributed by atoms with van der Waals surface area (Å²) in [6.07, 6.45) is 0.466. The second kappa shape index (κ2) is 9.31. The Morgan fingerprint density at radius 3 is 1.89 bits per heavy atom. The average molecular weight is 386 g/mol. The predicted molar refractivity (Wildman–Crippen MR) is 113 cm³/mol. The smallest absolute Gasteiger partial charge is 0.261 e. The Labute approximate surface area is 163 Å². The molecule has 146 valence electrons. The van der Waals surface area contributed by atoms with E-state index in [1.807, 2.05) is 12.1 Å². The third-order valence-corrected chi connectivity index (χ3v) is 9.95. The van der Waals surface area contributed by atoms with Gasteiger partial charge in [0.1, 0.15) is 0 Å². The van der Waals surface area contributed by atoms with Crippen LogP contribution in [0.1, 0.15) is 40.0 Å². The fourth-order valence-corrected chi connectivity index (χ4v) is 8.14. The van der Waals surface area contributed by atoms with E-state index >= 15 is 0 Å². The molecule has 2 rings (SSSR count). The van der Waals surface area contributed by atoms with E-state index in [9.17, 15) is 9.90 Å². The van der Waals surface area contributed by atoms with Crippen molar-refractivity contribution in [1.29, 1.82) is 0 Å². The number of rotatable bonds is 9.